The summed E-state index contributed by atoms with van der Waals surface area (Å²) in [6.45, 7) is -0.619. The highest BCUT2D eigenvalue weighted by Gasteiger charge is 2.20. The van der Waals surface area contributed by atoms with Gasteiger partial charge in [-0.05, 0) is 6.07 Å². The van der Waals surface area contributed by atoms with Gasteiger partial charge < -0.3 is 15.6 Å². The molecule has 1 atom stereocenters. The monoisotopic (exact) mass is 251 g/mol. The number of halogens is 3. The van der Waals surface area contributed by atoms with Gasteiger partial charge >= 0.3 is 0 Å². The Morgan fingerprint density at radius 3 is 2.62 bits per heavy atom. The zero-order valence-electron chi connectivity index (χ0n) is 8.64. The molecule has 6 heteroatoms. The molecule has 1 aromatic rings. The molecule has 0 bridgehead atoms. The first kappa shape index (κ1) is 13.3. The van der Waals surface area contributed by atoms with E-state index in [9.17, 15) is 8.78 Å². The summed E-state index contributed by atoms with van der Waals surface area (Å²) in [7, 11) is 1.35. The van der Waals surface area contributed by atoms with E-state index in [-0.39, 0.29) is 22.8 Å². The largest absolute Gasteiger partial charge is 0.394 e. The quantitative estimate of drug-likeness (QED) is 0.802. The van der Waals surface area contributed by atoms with Gasteiger partial charge in [0.05, 0.1) is 19.3 Å². The fourth-order valence-corrected chi connectivity index (χ4v) is 1.55. The fourth-order valence-electron chi connectivity index (χ4n) is 1.30. The van der Waals surface area contributed by atoms with Crippen LogP contribution in [0.25, 0.3) is 0 Å². The Morgan fingerprint density at radius 2 is 2.12 bits per heavy atom. The second kappa shape index (κ2) is 5.54. The Balaban J connectivity index is 3.27. The Hall–Kier alpha value is -0.750. The highest BCUT2D eigenvalue weighted by atomic mass is 35.5. The van der Waals surface area contributed by atoms with Gasteiger partial charge in [0.15, 0.2) is 11.6 Å². The second-order valence-electron chi connectivity index (χ2n) is 3.28. The van der Waals surface area contributed by atoms with E-state index in [4.69, 9.17) is 27.2 Å². The maximum Gasteiger partial charge on any atom is 0.166 e. The first-order chi connectivity index (χ1) is 7.52. The van der Waals surface area contributed by atoms with E-state index >= 15 is 0 Å². The predicted octanol–water partition coefficient (Wildman–Crippen LogP) is 1.76. The van der Waals surface area contributed by atoms with Crippen molar-refractivity contribution in [3.8, 4) is 0 Å². The molecular formula is C10H12ClF2NO2. The molecule has 3 N–H and O–H groups in total. The van der Waals surface area contributed by atoms with Gasteiger partial charge in [-0.15, -0.1) is 0 Å². The van der Waals surface area contributed by atoms with Crippen LogP contribution in [-0.2, 0) is 11.3 Å². The Labute approximate surface area is 96.8 Å². The van der Waals surface area contributed by atoms with Crippen LogP contribution in [0.5, 0.6) is 0 Å². The van der Waals surface area contributed by atoms with E-state index in [0.29, 0.717) is 0 Å². The Bertz CT molecular complexity index is 388. The molecule has 1 rings (SSSR count). The van der Waals surface area contributed by atoms with E-state index in [1.165, 1.54) is 13.2 Å². The normalized spacial score (nSPS) is 12.9. The van der Waals surface area contributed by atoms with Crippen LogP contribution in [0.2, 0.25) is 5.02 Å². The maximum atomic E-state index is 13.5. The van der Waals surface area contributed by atoms with Gasteiger partial charge in [-0.3, -0.25) is 0 Å². The van der Waals surface area contributed by atoms with Gasteiger partial charge in [0, 0.05) is 23.3 Å². The highest BCUT2D eigenvalue weighted by Crippen LogP contribution is 2.28. The van der Waals surface area contributed by atoms with Gasteiger partial charge in [-0.25, -0.2) is 8.78 Å². The van der Waals surface area contributed by atoms with Crippen molar-refractivity contribution >= 4 is 11.6 Å². The van der Waals surface area contributed by atoms with Crippen LogP contribution in [0.3, 0.4) is 0 Å². The summed E-state index contributed by atoms with van der Waals surface area (Å²) >= 11 is 5.76. The minimum absolute atomic E-state index is 0.0275. The SMILES string of the molecule is COCc1c(Cl)cc(C(N)CO)c(F)c1F. The molecule has 0 radical (unpaired) electrons. The number of aliphatic hydroxyl groups excluding tert-OH is 1. The number of rotatable bonds is 4. The molecule has 0 heterocycles. The van der Waals surface area contributed by atoms with Crippen LogP contribution in [0.4, 0.5) is 8.78 Å². The minimum Gasteiger partial charge on any atom is -0.394 e. The number of methoxy groups -OCH3 is 1. The molecule has 3 nitrogen and oxygen atoms in total. The average molecular weight is 252 g/mol. The Morgan fingerprint density at radius 1 is 1.50 bits per heavy atom. The third-order valence-electron chi connectivity index (χ3n) is 2.17. The molecule has 90 valence electrons. The number of ether oxygens (including phenoxy) is 1. The average Bonchev–Trinajstić information content (AvgIpc) is 2.28. The fraction of sp³-hybridized carbons (Fsp3) is 0.400. The second-order valence-corrected chi connectivity index (χ2v) is 3.68. The van der Waals surface area contributed by atoms with Crippen molar-refractivity contribution in [2.24, 2.45) is 5.73 Å². The topological polar surface area (TPSA) is 55.5 Å². The summed E-state index contributed by atoms with van der Waals surface area (Å²) in [6, 6.07) is 0.207. The van der Waals surface area contributed by atoms with Crippen LogP contribution in [0.15, 0.2) is 6.07 Å². The molecule has 1 aromatic carbocycles. The van der Waals surface area contributed by atoms with Gasteiger partial charge in [0.25, 0.3) is 0 Å². The summed E-state index contributed by atoms with van der Waals surface area (Å²) in [5.41, 5.74) is 5.20. The molecule has 0 aliphatic rings. The molecule has 0 aliphatic heterocycles. The molecule has 0 spiro atoms. The summed E-state index contributed by atoms with van der Waals surface area (Å²) in [5.74, 6) is -2.19. The number of nitrogens with two attached hydrogens (primary N) is 1. The van der Waals surface area contributed by atoms with E-state index in [2.05, 4.69) is 0 Å². The summed E-state index contributed by atoms with van der Waals surface area (Å²) in [4.78, 5) is 0. The molecule has 16 heavy (non-hydrogen) atoms. The molecule has 0 aromatic heterocycles. The molecule has 1 unspecified atom stereocenters. The standard InChI is InChI=1S/C10H12ClF2NO2/c1-16-4-6-7(11)2-5(8(14)3-15)9(12)10(6)13/h2,8,15H,3-4,14H2,1H3. The van der Waals surface area contributed by atoms with Crippen molar-refractivity contribution in [2.45, 2.75) is 12.6 Å². The maximum absolute atomic E-state index is 13.5. The van der Waals surface area contributed by atoms with Crippen molar-refractivity contribution < 1.29 is 18.6 Å². The van der Waals surface area contributed by atoms with E-state index in [0.717, 1.165) is 0 Å². The van der Waals surface area contributed by atoms with E-state index < -0.39 is 24.3 Å². The number of hydrogen-bond donors (Lipinski definition) is 2. The summed E-state index contributed by atoms with van der Waals surface area (Å²) in [5, 5.41) is 8.81. The number of benzene rings is 1. The highest BCUT2D eigenvalue weighted by molar-refractivity contribution is 6.31. The Kier molecular flexibility index (Phi) is 4.61. The van der Waals surface area contributed by atoms with Gasteiger partial charge in [-0.2, -0.15) is 0 Å². The summed E-state index contributed by atoms with van der Waals surface area (Å²) in [6.07, 6.45) is 0. The molecule has 0 fully saturated rings. The molecule has 0 aliphatic carbocycles. The first-order valence-electron chi connectivity index (χ1n) is 4.54. The first-order valence-corrected chi connectivity index (χ1v) is 4.92. The molecule has 0 saturated carbocycles. The molecule has 0 saturated heterocycles. The van der Waals surface area contributed by atoms with Crippen molar-refractivity contribution in [1.82, 2.24) is 0 Å². The van der Waals surface area contributed by atoms with Gasteiger partial charge in [0.2, 0.25) is 0 Å². The van der Waals surface area contributed by atoms with Crippen molar-refractivity contribution in [1.29, 1.82) is 0 Å². The minimum atomic E-state index is -1.10. The lowest BCUT2D eigenvalue weighted by atomic mass is 10.0. The zero-order chi connectivity index (χ0) is 12.3. The van der Waals surface area contributed by atoms with Crippen molar-refractivity contribution in [3.63, 3.8) is 0 Å². The van der Waals surface area contributed by atoms with Gasteiger partial charge in [0.1, 0.15) is 0 Å². The summed E-state index contributed by atoms with van der Waals surface area (Å²) < 4.78 is 31.8. The lowest BCUT2D eigenvalue weighted by Gasteiger charge is -2.14. The van der Waals surface area contributed by atoms with Gasteiger partial charge in [-0.1, -0.05) is 11.6 Å². The third-order valence-corrected chi connectivity index (χ3v) is 2.50. The molecular weight excluding hydrogens is 240 g/mol. The van der Waals surface area contributed by atoms with Crippen molar-refractivity contribution in [3.05, 3.63) is 33.9 Å². The lowest BCUT2D eigenvalue weighted by Crippen LogP contribution is -2.17. The number of aliphatic hydroxyl groups is 1. The van der Waals surface area contributed by atoms with E-state index in [1.807, 2.05) is 0 Å². The van der Waals surface area contributed by atoms with E-state index in [1.54, 1.807) is 0 Å². The van der Waals surface area contributed by atoms with Crippen LogP contribution in [0, 0.1) is 11.6 Å². The van der Waals surface area contributed by atoms with Crippen LogP contribution in [0.1, 0.15) is 17.2 Å². The third kappa shape index (κ3) is 2.49. The smallest absolute Gasteiger partial charge is 0.166 e. The van der Waals surface area contributed by atoms with Crippen LogP contribution in [-0.4, -0.2) is 18.8 Å². The number of hydrogen-bond acceptors (Lipinski definition) is 3. The predicted molar refractivity (Wildman–Crippen MR) is 56.1 cm³/mol. The zero-order valence-corrected chi connectivity index (χ0v) is 9.39. The van der Waals surface area contributed by atoms with Crippen molar-refractivity contribution in [2.75, 3.05) is 13.7 Å². The lowest BCUT2D eigenvalue weighted by molar-refractivity contribution is 0.180. The van der Waals surface area contributed by atoms with Crippen LogP contribution >= 0.6 is 11.6 Å². The molecule has 0 amide bonds. The van der Waals surface area contributed by atoms with Crippen LogP contribution < -0.4 is 5.73 Å².